The first-order valence-corrected chi connectivity index (χ1v) is 35.3. The van der Waals surface area contributed by atoms with Gasteiger partial charge in [-0.25, -0.2) is 0 Å². The van der Waals surface area contributed by atoms with E-state index in [2.05, 4.69) is 184 Å². The van der Waals surface area contributed by atoms with Gasteiger partial charge in [-0.15, -0.1) is 0 Å². The smallest absolute Gasteiger partial charge is 0.115 e. The van der Waals surface area contributed by atoms with Gasteiger partial charge in [-0.2, -0.15) is 0 Å². The Bertz CT molecular complexity index is 2740. The molecule has 462 valence electrons. The van der Waals surface area contributed by atoms with Gasteiger partial charge in [-0.3, -0.25) is 0 Å². The number of rotatable bonds is 21. The van der Waals surface area contributed by atoms with Gasteiger partial charge in [-0.1, -0.05) is 147 Å². The summed E-state index contributed by atoms with van der Waals surface area (Å²) in [5.41, 5.74) is 17.7. The van der Waals surface area contributed by atoms with Crippen molar-refractivity contribution in [1.29, 1.82) is 0 Å². The van der Waals surface area contributed by atoms with Crippen LogP contribution in [0.2, 0.25) is 0 Å². The second-order valence-electron chi connectivity index (χ2n) is 28.3. The van der Waals surface area contributed by atoms with Crippen LogP contribution in [0.4, 0.5) is 0 Å². The van der Waals surface area contributed by atoms with Gasteiger partial charge in [0.15, 0.2) is 0 Å². The molecule has 0 saturated carbocycles. The number of unbranched alkanes of at least 4 members (excludes halogenated alkanes) is 1. The Morgan fingerprint density at radius 2 is 0.530 bits per heavy atom. The van der Waals surface area contributed by atoms with E-state index in [4.69, 9.17) is 0 Å². The third-order valence-electron chi connectivity index (χ3n) is 23.1. The van der Waals surface area contributed by atoms with E-state index in [-0.39, 0.29) is 0 Å². The fraction of sp³-hybridized carbons (Fsp3) is 0.757. The maximum absolute atomic E-state index is 2.78. The molecule has 11 atom stereocenters. The third kappa shape index (κ3) is 9.53. The zero-order chi connectivity index (χ0) is 59.6. The SMILES string of the molecule is CCCCC1CCC(C)C2=C1C(CCC)C1=C(N2C)N(C)C2=C(C1CCC)C(CCC)C1=C(N2C)N(C)C2=C(C1CCC)C(CCC)C1=C(N(C)C3=C(C(CCC)C4=C(N(C)C5=C(C(CCC)CCN5C)C4CCC)N3C)C1CCC)N2C. The monoisotopic (exact) mass is 1140 g/mol. The van der Waals surface area contributed by atoms with Gasteiger partial charge < -0.3 is 44.1 Å². The van der Waals surface area contributed by atoms with Crippen molar-refractivity contribution < 1.29 is 0 Å². The van der Waals surface area contributed by atoms with Crippen LogP contribution in [0.5, 0.6) is 0 Å². The average Bonchev–Trinajstić information content (AvgIpc) is 2.00. The average molecular weight is 1140 g/mol. The molecule has 9 heteroatoms. The summed E-state index contributed by atoms with van der Waals surface area (Å²) in [4.78, 5) is 24.7. The maximum atomic E-state index is 2.78. The second kappa shape index (κ2) is 25.3. The first-order valence-electron chi connectivity index (χ1n) is 35.3. The van der Waals surface area contributed by atoms with Crippen molar-refractivity contribution in [3.05, 3.63) is 102 Å². The van der Waals surface area contributed by atoms with E-state index in [0.29, 0.717) is 65.1 Å². The van der Waals surface area contributed by atoms with E-state index < -0.39 is 0 Å². The molecule has 1 aliphatic carbocycles. The zero-order valence-electron chi connectivity index (χ0n) is 57.1. The first kappa shape index (κ1) is 61.9. The molecule has 0 aromatic rings. The quantitative estimate of drug-likeness (QED) is 0.111. The Morgan fingerprint density at radius 1 is 0.265 bits per heavy atom. The van der Waals surface area contributed by atoms with Gasteiger partial charge in [0.2, 0.25) is 0 Å². The largest absolute Gasteiger partial charge is 0.361 e. The van der Waals surface area contributed by atoms with E-state index in [1.54, 1.807) is 50.3 Å². The van der Waals surface area contributed by atoms with Gasteiger partial charge in [0.1, 0.15) is 46.6 Å². The van der Waals surface area contributed by atoms with Crippen LogP contribution in [-0.4, -0.2) is 114 Å². The van der Waals surface area contributed by atoms with Crippen molar-refractivity contribution >= 4 is 0 Å². The molecule has 83 heavy (non-hydrogen) atoms. The first-order chi connectivity index (χ1) is 40.1. The van der Waals surface area contributed by atoms with Crippen LogP contribution in [0.1, 0.15) is 230 Å². The lowest BCUT2D eigenvalue weighted by molar-refractivity contribution is 0.127. The van der Waals surface area contributed by atoms with Crippen LogP contribution in [0.3, 0.4) is 0 Å². The van der Waals surface area contributed by atoms with E-state index in [1.165, 1.54) is 201 Å². The molecule has 0 aromatic carbocycles. The van der Waals surface area contributed by atoms with E-state index in [9.17, 15) is 0 Å². The number of hydrogen-bond acceptors (Lipinski definition) is 9. The molecule has 0 aromatic heterocycles. The van der Waals surface area contributed by atoms with Crippen molar-refractivity contribution in [2.24, 2.45) is 65.1 Å². The van der Waals surface area contributed by atoms with Crippen LogP contribution in [0, 0.1) is 65.1 Å². The summed E-state index contributed by atoms with van der Waals surface area (Å²) in [6.45, 7) is 28.5. The topological polar surface area (TPSA) is 29.2 Å². The predicted molar refractivity (Wildman–Crippen MR) is 350 cm³/mol. The van der Waals surface area contributed by atoms with Gasteiger partial charge in [0, 0.05) is 123 Å². The van der Waals surface area contributed by atoms with Crippen LogP contribution in [-0.2, 0) is 0 Å². The molecule has 9 aliphatic heterocycles. The highest BCUT2D eigenvalue weighted by Crippen LogP contribution is 2.65. The molecule has 9 nitrogen and oxygen atoms in total. The van der Waals surface area contributed by atoms with Crippen molar-refractivity contribution in [2.45, 2.75) is 230 Å². The van der Waals surface area contributed by atoms with Gasteiger partial charge in [-0.05, 0) is 151 Å². The summed E-state index contributed by atoms with van der Waals surface area (Å²) in [6.07, 6.45) is 29.8. The van der Waals surface area contributed by atoms with Crippen LogP contribution >= 0.6 is 0 Å². The molecular weight excluding hydrogens is 1010 g/mol. The summed E-state index contributed by atoms with van der Waals surface area (Å²) in [5, 5.41) is 0. The molecule has 11 unspecified atom stereocenters. The lowest BCUT2D eigenvalue weighted by Crippen LogP contribution is -2.56. The Hall–Kier alpha value is -4.14. The Kier molecular flexibility index (Phi) is 18.9. The predicted octanol–water partition coefficient (Wildman–Crippen LogP) is 17.8. The molecule has 9 heterocycles. The molecule has 0 saturated heterocycles. The van der Waals surface area contributed by atoms with Crippen molar-refractivity contribution in [3.63, 3.8) is 0 Å². The third-order valence-corrected chi connectivity index (χ3v) is 23.1. The summed E-state index contributed by atoms with van der Waals surface area (Å²) in [6, 6.07) is 0. The van der Waals surface area contributed by atoms with Gasteiger partial charge in [0.05, 0.1) is 0 Å². The summed E-state index contributed by atoms with van der Waals surface area (Å²) in [5.74, 6) is 17.2. The van der Waals surface area contributed by atoms with Crippen LogP contribution in [0.25, 0.3) is 0 Å². The molecule has 10 rings (SSSR count). The summed E-state index contributed by atoms with van der Waals surface area (Å²) >= 11 is 0. The highest BCUT2D eigenvalue weighted by Gasteiger charge is 2.58. The minimum absolute atomic E-state index is 0.373. The summed E-state index contributed by atoms with van der Waals surface area (Å²) < 4.78 is 0. The normalized spacial score (nSPS) is 30.9. The van der Waals surface area contributed by atoms with Crippen LogP contribution in [0.15, 0.2) is 102 Å². The minimum Gasteiger partial charge on any atom is -0.361 e. The Labute approximate surface area is 509 Å². The molecule has 10 aliphatic rings. The molecule has 0 amide bonds. The minimum atomic E-state index is 0.373. The zero-order valence-corrected chi connectivity index (χ0v) is 57.1. The van der Waals surface area contributed by atoms with E-state index in [0.717, 1.165) is 6.54 Å². The lowest BCUT2D eigenvalue weighted by Gasteiger charge is -2.60. The lowest BCUT2D eigenvalue weighted by atomic mass is 9.59. The Morgan fingerprint density at radius 3 is 0.831 bits per heavy atom. The highest BCUT2D eigenvalue weighted by molar-refractivity contribution is 5.58. The van der Waals surface area contributed by atoms with Gasteiger partial charge >= 0.3 is 0 Å². The van der Waals surface area contributed by atoms with Crippen molar-refractivity contribution in [2.75, 3.05) is 70.0 Å². The van der Waals surface area contributed by atoms with Crippen LogP contribution < -0.4 is 0 Å². The van der Waals surface area contributed by atoms with Gasteiger partial charge in [0.25, 0.3) is 0 Å². The molecule has 0 N–H and O–H groups in total. The Balaban J connectivity index is 1.13. The van der Waals surface area contributed by atoms with Crippen molar-refractivity contribution in [1.82, 2.24) is 44.1 Å². The van der Waals surface area contributed by atoms with E-state index in [1.807, 2.05) is 5.57 Å². The van der Waals surface area contributed by atoms with E-state index >= 15 is 0 Å². The molecule has 0 bridgehead atoms. The maximum Gasteiger partial charge on any atom is 0.115 e. The fourth-order valence-corrected chi connectivity index (χ4v) is 20.6. The number of nitrogens with zero attached hydrogens (tertiary/aromatic N) is 9. The molecule has 0 fully saturated rings. The standard InChI is InChI=1S/C74H121N9/c1-21-31-41-48-43-42-46(11)66-57(48)49(33-23-3)59-51(35-25-5)61-53(37-27-7)63-55(39-29-9)65-56(40-30-10)64-54(38-28-8)62-52(36-26-6)60-50(34-24-4)58-47(32-22-2)44-45-75(12)67(58)77(14)69(60)79(16)71(62)81(18)73(64)83(20)74(65)82(19)72(63)80(17)70(61)78(15)68(59)76(66)13/h46-56H,21-45H2,1-20H3. The number of hydrogen-bond donors (Lipinski definition) is 0. The summed E-state index contributed by atoms with van der Waals surface area (Å²) in [7, 11) is 22.3. The second-order valence-corrected chi connectivity index (χ2v) is 28.3. The molecular formula is C74H121N9. The molecule has 0 radical (unpaired) electrons. The fourth-order valence-electron chi connectivity index (χ4n) is 20.6. The highest BCUT2D eigenvalue weighted by atomic mass is 15.5. The molecule has 0 spiro atoms. The number of allylic oxidation sites excluding steroid dienone is 10. The van der Waals surface area contributed by atoms with Crippen molar-refractivity contribution in [3.8, 4) is 0 Å².